The monoisotopic (exact) mass is 268 g/mol. The Morgan fingerprint density at radius 2 is 1.89 bits per heavy atom. The van der Waals surface area contributed by atoms with Crippen molar-refractivity contribution in [1.82, 2.24) is 9.97 Å². The molecule has 0 aliphatic rings. The van der Waals surface area contributed by atoms with E-state index >= 15 is 0 Å². The van der Waals surface area contributed by atoms with Crippen LogP contribution in [0.4, 0.5) is 11.6 Å². The van der Waals surface area contributed by atoms with E-state index in [9.17, 15) is 0 Å². The van der Waals surface area contributed by atoms with Gasteiger partial charge in [0.05, 0.1) is 13.2 Å². The van der Waals surface area contributed by atoms with Crippen LogP contribution in [0.5, 0.6) is 0 Å². The summed E-state index contributed by atoms with van der Waals surface area (Å²) >= 11 is 0. The maximum atomic E-state index is 5.80. The molecule has 0 unspecified atom stereocenters. The van der Waals surface area contributed by atoms with Gasteiger partial charge in [-0.2, -0.15) is 0 Å². The number of hydrogen-bond donors (Lipinski definition) is 2. The van der Waals surface area contributed by atoms with Crippen molar-refractivity contribution in [2.45, 2.75) is 26.7 Å². The van der Waals surface area contributed by atoms with Crippen molar-refractivity contribution in [3.8, 4) is 0 Å². The van der Waals surface area contributed by atoms with Crippen LogP contribution in [-0.4, -0.2) is 43.4 Å². The molecule has 0 aliphatic carbocycles. The quantitative estimate of drug-likeness (QED) is 0.661. The molecule has 19 heavy (non-hydrogen) atoms. The zero-order valence-electron chi connectivity index (χ0n) is 12.0. The highest BCUT2D eigenvalue weighted by Gasteiger charge is 2.05. The molecule has 0 fully saturated rings. The molecular weight excluding hydrogens is 244 g/mol. The van der Waals surface area contributed by atoms with E-state index in [0.29, 0.717) is 24.9 Å². The maximum Gasteiger partial charge on any atom is 0.134 e. The molecule has 0 saturated heterocycles. The predicted molar refractivity (Wildman–Crippen MR) is 76.3 cm³/mol. The van der Waals surface area contributed by atoms with Crippen LogP contribution in [0.1, 0.15) is 24.2 Å². The smallest absolute Gasteiger partial charge is 0.134 e. The van der Waals surface area contributed by atoms with Crippen LogP contribution in [-0.2, 0) is 9.47 Å². The van der Waals surface area contributed by atoms with Crippen molar-refractivity contribution in [3.63, 3.8) is 0 Å². The van der Waals surface area contributed by atoms with E-state index in [1.54, 1.807) is 7.11 Å². The van der Waals surface area contributed by atoms with Gasteiger partial charge >= 0.3 is 0 Å². The first-order chi connectivity index (χ1) is 9.15. The van der Waals surface area contributed by atoms with Gasteiger partial charge in [0.1, 0.15) is 17.5 Å². The van der Waals surface area contributed by atoms with Crippen molar-refractivity contribution in [2.24, 2.45) is 0 Å². The summed E-state index contributed by atoms with van der Waals surface area (Å²) in [6.45, 7) is 6.68. The van der Waals surface area contributed by atoms with Gasteiger partial charge in [-0.05, 0) is 26.7 Å². The summed E-state index contributed by atoms with van der Waals surface area (Å²) < 4.78 is 10.3. The maximum absolute atomic E-state index is 5.80. The zero-order chi connectivity index (χ0) is 14.1. The van der Waals surface area contributed by atoms with E-state index in [4.69, 9.17) is 15.2 Å². The van der Waals surface area contributed by atoms with E-state index in [1.807, 2.05) is 13.8 Å². The SMILES string of the molecule is COCCOCCCCNc1nc(C)nc(N)c1C. The van der Waals surface area contributed by atoms with E-state index < -0.39 is 0 Å². The minimum absolute atomic E-state index is 0.540. The first kappa shape index (κ1) is 15.7. The summed E-state index contributed by atoms with van der Waals surface area (Å²) in [5, 5.41) is 3.29. The average molecular weight is 268 g/mol. The molecule has 1 heterocycles. The lowest BCUT2D eigenvalue weighted by Gasteiger charge is -2.10. The summed E-state index contributed by atoms with van der Waals surface area (Å²) in [4.78, 5) is 8.46. The van der Waals surface area contributed by atoms with Crippen LogP contribution in [0.25, 0.3) is 0 Å². The first-order valence-electron chi connectivity index (χ1n) is 6.56. The molecular formula is C13H24N4O2. The number of methoxy groups -OCH3 is 1. The third-order valence-corrected chi connectivity index (χ3v) is 2.73. The Kier molecular flexibility index (Phi) is 7.14. The van der Waals surface area contributed by atoms with Crippen LogP contribution >= 0.6 is 0 Å². The molecule has 0 atom stereocenters. The molecule has 1 rings (SSSR count). The minimum Gasteiger partial charge on any atom is -0.383 e. The fourth-order valence-electron chi connectivity index (χ4n) is 1.60. The molecule has 0 amide bonds. The Balaban J connectivity index is 2.19. The number of anilines is 2. The summed E-state index contributed by atoms with van der Waals surface area (Å²) in [5.41, 5.74) is 6.70. The largest absolute Gasteiger partial charge is 0.383 e. The molecule has 6 nitrogen and oxygen atoms in total. The van der Waals surface area contributed by atoms with Crippen LogP contribution in [0.3, 0.4) is 0 Å². The van der Waals surface area contributed by atoms with Crippen molar-refractivity contribution < 1.29 is 9.47 Å². The summed E-state index contributed by atoms with van der Waals surface area (Å²) in [5.74, 6) is 2.05. The normalized spacial score (nSPS) is 10.7. The predicted octanol–water partition coefficient (Wildman–Crippen LogP) is 1.53. The van der Waals surface area contributed by atoms with Gasteiger partial charge in [-0.25, -0.2) is 9.97 Å². The van der Waals surface area contributed by atoms with Crippen LogP contribution in [0.15, 0.2) is 0 Å². The van der Waals surface area contributed by atoms with Crippen molar-refractivity contribution in [2.75, 3.05) is 44.5 Å². The highest BCUT2D eigenvalue weighted by molar-refractivity contribution is 5.54. The molecule has 1 aromatic heterocycles. The topological polar surface area (TPSA) is 82.3 Å². The van der Waals surface area contributed by atoms with Gasteiger partial charge in [0, 0.05) is 25.8 Å². The number of ether oxygens (including phenoxy) is 2. The Hall–Kier alpha value is -1.40. The van der Waals surface area contributed by atoms with Crippen molar-refractivity contribution in [3.05, 3.63) is 11.4 Å². The third kappa shape index (κ3) is 5.85. The second-order valence-electron chi connectivity index (χ2n) is 4.37. The fraction of sp³-hybridized carbons (Fsp3) is 0.692. The van der Waals surface area contributed by atoms with Gasteiger partial charge in [0.15, 0.2) is 0 Å². The van der Waals surface area contributed by atoms with Gasteiger partial charge < -0.3 is 20.5 Å². The van der Waals surface area contributed by atoms with Gasteiger partial charge in [0.25, 0.3) is 0 Å². The molecule has 108 valence electrons. The zero-order valence-corrected chi connectivity index (χ0v) is 12.0. The minimum atomic E-state index is 0.540. The highest BCUT2D eigenvalue weighted by atomic mass is 16.5. The number of aryl methyl sites for hydroxylation is 1. The number of unbranched alkanes of at least 4 members (excludes halogenated alkanes) is 1. The molecule has 6 heteroatoms. The van der Waals surface area contributed by atoms with E-state index in [1.165, 1.54) is 0 Å². The Morgan fingerprint density at radius 1 is 1.11 bits per heavy atom. The second kappa shape index (κ2) is 8.66. The Morgan fingerprint density at radius 3 is 2.63 bits per heavy atom. The summed E-state index contributed by atoms with van der Waals surface area (Å²) in [7, 11) is 1.67. The van der Waals surface area contributed by atoms with Gasteiger partial charge in [-0.1, -0.05) is 0 Å². The molecule has 0 bridgehead atoms. The number of nitrogens with zero attached hydrogens (tertiary/aromatic N) is 2. The van der Waals surface area contributed by atoms with Crippen LogP contribution < -0.4 is 11.1 Å². The lowest BCUT2D eigenvalue weighted by molar-refractivity contribution is 0.0691. The lowest BCUT2D eigenvalue weighted by atomic mass is 10.3. The number of hydrogen-bond acceptors (Lipinski definition) is 6. The third-order valence-electron chi connectivity index (χ3n) is 2.73. The lowest BCUT2D eigenvalue weighted by Crippen LogP contribution is -2.10. The van der Waals surface area contributed by atoms with Crippen molar-refractivity contribution in [1.29, 1.82) is 0 Å². The Labute approximate surface area is 114 Å². The molecule has 0 saturated carbocycles. The van der Waals surface area contributed by atoms with Crippen LogP contribution in [0.2, 0.25) is 0 Å². The number of nitrogen functional groups attached to an aromatic ring is 1. The molecule has 0 radical (unpaired) electrons. The first-order valence-corrected chi connectivity index (χ1v) is 6.56. The average Bonchev–Trinajstić information content (AvgIpc) is 2.38. The van der Waals surface area contributed by atoms with Crippen molar-refractivity contribution >= 4 is 11.6 Å². The second-order valence-corrected chi connectivity index (χ2v) is 4.37. The van der Waals surface area contributed by atoms with E-state index in [0.717, 1.165) is 37.4 Å². The van der Waals surface area contributed by atoms with E-state index in [-0.39, 0.29) is 0 Å². The fourth-order valence-corrected chi connectivity index (χ4v) is 1.60. The molecule has 1 aromatic rings. The van der Waals surface area contributed by atoms with Crippen LogP contribution in [0, 0.1) is 13.8 Å². The number of aromatic nitrogens is 2. The number of nitrogens with one attached hydrogen (secondary N) is 1. The van der Waals surface area contributed by atoms with E-state index in [2.05, 4.69) is 15.3 Å². The molecule has 0 spiro atoms. The standard InChI is InChI=1S/C13H24N4O2/c1-10-12(14)16-11(2)17-13(10)15-6-4-5-7-19-9-8-18-3/h4-9H2,1-3H3,(H3,14,15,16,17). The molecule has 0 aromatic carbocycles. The molecule has 3 N–H and O–H groups in total. The molecule has 0 aliphatic heterocycles. The van der Waals surface area contributed by atoms with Gasteiger partial charge in [-0.3, -0.25) is 0 Å². The summed E-state index contributed by atoms with van der Waals surface area (Å²) in [6.07, 6.45) is 2.03. The highest BCUT2D eigenvalue weighted by Crippen LogP contribution is 2.16. The Bertz CT molecular complexity index is 385. The number of nitrogens with two attached hydrogens (primary N) is 1. The summed E-state index contributed by atoms with van der Waals surface area (Å²) in [6, 6.07) is 0. The van der Waals surface area contributed by atoms with Gasteiger partial charge in [0.2, 0.25) is 0 Å². The number of rotatable bonds is 9. The van der Waals surface area contributed by atoms with Gasteiger partial charge in [-0.15, -0.1) is 0 Å².